The number of imidazole rings is 1. The van der Waals surface area contributed by atoms with Gasteiger partial charge in [-0.2, -0.15) is 0 Å². The minimum atomic E-state index is -0.195. The zero-order valence-corrected chi connectivity index (χ0v) is 12.3. The fourth-order valence-electron chi connectivity index (χ4n) is 2.03. The molecule has 0 saturated heterocycles. The van der Waals surface area contributed by atoms with Crippen molar-refractivity contribution in [2.24, 2.45) is 17.6 Å². The Hall–Kier alpha value is -1.07. The molecule has 5 heteroatoms. The third-order valence-electron chi connectivity index (χ3n) is 3.61. The van der Waals surface area contributed by atoms with Gasteiger partial charge in [0.1, 0.15) is 0 Å². The first-order chi connectivity index (χ1) is 8.40. The molecule has 2 aromatic rings. The molecule has 0 aliphatic heterocycles. The number of rotatable bonds is 3. The van der Waals surface area contributed by atoms with E-state index in [0.717, 1.165) is 21.1 Å². The molecule has 2 atom stereocenters. The summed E-state index contributed by atoms with van der Waals surface area (Å²) in [5.41, 5.74) is 8.73. The predicted octanol–water partition coefficient (Wildman–Crippen LogP) is 2.91. The van der Waals surface area contributed by atoms with Crippen molar-refractivity contribution in [1.82, 2.24) is 9.97 Å². The largest absolute Gasteiger partial charge is 0.324 e. The number of hydrogen-bond donors (Lipinski definition) is 3. The van der Waals surface area contributed by atoms with E-state index in [1.165, 1.54) is 0 Å². The highest BCUT2D eigenvalue weighted by atomic mass is 79.9. The van der Waals surface area contributed by atoms with E-state index in [0.29, 0.717) is 11.8 Å². The molecule has 98 valence electrons. The smallest absolute Gasteiger partial charge is 0.323 e. The van der Waals surface area contributed by atoms with Gasteiger partial charge in [0.05, 0.1) is 11.0 Å². The molecule has 1 heterocycles. The van der Waals surface area contributed by atoms with E-state index in [1.54, 1.807) is 0 Å². The molecule has 1 aromatic heterocycles. The number of nitrogens with two attached hydrogens (primary N) is 1. The maximum absolute atomic E-state index is 11.3. The van der Waals surface area contributed by atoms with Crippen molar-refractivity contribution in [3.8, 4) is 0 Å². The quantitative estimate of drug-likeness (QED) is 0.815. The predicted molar refractivity (Wildman–Crippen MR) is 77.5 cm³/mol. The van der Waals surface area contributed by atoms with Gasteiger partial charge < -0.3 is 15.7 Å². The van der Waals surface area contributed by atoms with E-state index >= 15 is 0 Å². The van der Waals surface area contributed by atoms with Crippen LogP contribution in [0.2, 0.25) is 0 Å². The summed E-state index contributed by atoms with van der Waals surface area (Å²) in [4.78, 5) is 16.8. The molecule has 0 radical (unpaired) electrons. The monoisotopic (exact) mass is 311 g/mol. The van der Waals surface area contributed by atoms with Crippen molar-refractivity contribution in [2.45, 2.75) is 26.8 Å². The minimum absolute atomic E-state index is 0.0535. The van der Waals surface area contributed by atoms with Crippen molar-refractivity contribution in [1.29, 1.82) is 0 Å². The molecule has 0 saturated carbocycles. The van der Waals surface area contributed by atoms with Gasteiger partial charge >= 0.3 is 5.69 Å². The Labute approximate surface area is 114 Å². The van der Waals surface area contributed by atoms with Gasteiger partial charge in [-0.3, -0.25) is 0 Å². The van der Waals surface area contributed by atoms with E-state index in [2.05, 4.69) is 46.7 Å². The maximum atomic E-state index is 11.3. The summed E-state index contributed by atoms with van der Waals surface area (Å²) in [5, 5.41) is 0. The lowest BCUT2D eigenvalue weighted by Gasteiger charge is -2.24. The van der Waals surface area contributed by atoms with Crippen LogP contribution < -0.4 is 11.4 Å². The molecule has 0 fully saturated rings. The summed E-state index contributed by atoms with van der Waals surface area (Å²) in [6.45, 7) is 6.47. The number of aromatic amines is 2. The Balaban J connectivity index is 2.50. The number of fused-ring (bicyclic) bond motifs is 1. The summed E-state index contributed by atoms with van der Waals surface area (Å²) in [5.74, 6) is 0.872. The molecule has 2 rings (SSSR count). The minimum Gasteiger partial charge on any atom is -0.324 e. The molecule has 0 bridgehead atoms. The van der Waals surface area contributed by atoms with Crippen LogP contribution in [-0.4, -0.2) is 9.97 Å². The van der Waals surface area contributed by atoms with Gasteiger partial charge in [-0.1, -0.05) is 36.7 Å². The molecular formula is C13H18BrN3O. The number of benzene rings is 1. The van der Waals surface area contributed by atoms with Crippen LogP contribution in [0.1, 0.15) is 32.4 Å². The second kappa shape index (κ2) is 4.90. The van der Waals surface area contributed by atoms with Crippen LogP contribution in [-0.2, 0) is 0 Å². The topological polar surface area (TPSA) is 74.7 Å². The summed E-state index contributed by atoms with van der Waals surface area (Å²) in [6.07, 6.45) is 0. The first kappa shape index (κ1) is 13.4. The number of hydrogen-bond acceptors (Lipinski definition) is 2. The number of aromatic nitrogens is 2. The van der Waals surface area contributed by atoms with Crippen LogP contribution in [0.15, 0.2) is 21.4 Å². The maximum Gasteiger partial charge on any atom is 0.323 e. The highest BCUT2D eigenvalue weighted by Crippen LogP contribution is 2.32. The normalized spacial score (nSPS) is 15.2. The fourth-order valence-corrected chi connectivity index (χ4v) is 2.63. The van der Waals surface area contributed by atoms with Crippen molar-refractivity contribution in [2.75, 3.05) is 0 Å². The van der Waals surface area contributed by atoms with E-state index in [4.69, 9.17) is 5.73 Å². The fraction of sp³-hybridized carbons (Fsp3) is 0.462. The summed E-state index contributed by atoms with van der Waals surface area (Å²) in [7, 11) is 0. The van der Waals surface area contributed by atoms with Crippen LogP contribution >= 0.6 is 15.9 Å². The third kappa shape index (κ3) is 2.37. The van der Waals surface area contributed by atoms with Crippen LogP contribution in [0.25, 0.3) is 11.0 Å². The van der Waals surface area contributed by atoms with E-state index in [1.807, 2.05) is 12.1 Å². The summed E-state index contributed by atoms with van der Waals surface area (Å²) < 4.78 is 0.935. The van der Waals surface area contributed by atoms with Gasteiger partial charge in [0.15, 0.2) is 0 Å². The molecule has 0 aliphatic carbocycles. The Morgan fingerprint density at radius 1 is 1.17 bits per heavy atom. The molecule has 1 aromatic carbocycles. The Morgan fingerprint density at radius 2 is 1.72 bits per heavy atom. The second-order valence-corrected chi connectivity index (χ2v) is 5.98. The molecular weight excluding hydrogens is 294 g/mol. The highest BCUT2D eigenvalue weighted by Gasteiger charge is 2.20. The van der Waals surface area contributed by atoms with Crippen molar-refractivity contribution < 1.29 is 0 Å². The van der Waals surface area contributed by atoms with Crippen molar-refractivity contribution in [3.05, 3.63) is 32.7 Å². The Bertz CT molecular complexity index is 614. The van der Waals surface area contributed by atoms with Gasteiger partial charge in [-0.15, -0.1) is 0 Å². The molecule has 0 aliphatic rings. The standard InChI is InChI=1S/C13H18BrN3O/c1-6(2)7(3)12(15)8-4-10-11(5-9(8)14)17-13(18)16-10/h4-7,12H,15H2,1-3H3,(H2,16,17,18). The average molecular weight is 312 g/mol. The zero-order chi connectivity index (χ0) is 13.4. The van der Waals surface area contributed by atoms with Gasteiger partial charge in [-0.25, -0.2) is 4.79 Å². The van der Waals surface area contributed by atoms with Gasteiger partial charge in [0, 0.05) is 10.5 Å². The molecule has 0 amide bonds. The molecule has 18 heavy (non-hydrogen) atoms. The Morgan fingerprint density at radius 3 is 2.28 bits per heavy atom. The highest BCUT2D eigenvalue weighted by molar-refractivity contribution is 9.10. The molecule has 4 N–H and O–H groups in total. The lowest BCUT2D eigenvalue weighted by molar-refractivity contribution is 0.352. The first-order valence-corrected chi connectivity index (χ1v) is 6.86. The lowest BCUT2D eigenvalue weighted by atomic mass is 9.86. The second-order valence-electron chi connectivity index (χ2n) is 5.13. The SMILES string of the molecule is CC(C)C(C)C(N)c1cc2[nH]c(=O)[nH]c2cc1Br. The van der Waals surface area contributed by atoms with Crippen LogP contribution in [0.5, 0.6) is 0 Å². The number of H-pyrrole nitrogens is 2. The van der Waals surface area contributed by atoms with Crippen LogP contribution in [0.3, 0.4) is 0 Å². The number of nitrogens with one attached hydrogen (secondary N) is 2. The average Bonchev–Trinajstić information content (AvgIpc) is 2.65. The summed E-state index contributed by atoms with van der Waals surface area (Å²) in [6, 6.07) is 3.79. The van der Waals surface area contributed by atoms with E-state index in [-0.39, 0.29) is 11.7 Å². The number of halogens is 1. The van der Waals surface area contributed by atoms with Crippen LogP contribution in [0, 0.1) is 11.8 Å². The molecule has 2 unspecified atom stereocenters. The first-order valence-electron chi connectivity index (χ1n) is 6.07. The zero-order valence-electron chi connectivity index (χ0n) is 10.8. The molecule has 0 spiro atoms. The van der Waals surface area contributed by atoms with E-state index < -0.39 is 0 Å². The lowest BCUT2D eigenvalue weighted by Crippen LogP contribution is -2.23. The third-order valence-corrected chi connectivity index (χ3v) is 4.30. The van der Waals surface area contributed by atoms with Crippen molar-refractivity contribution >= 4 is 27.0 Å². The van der Waals surface area contributed by atoms with E-state index in [9.17, 15) is 4.79 Å². The van der Waals surface area contributed by atoms with Gasteiger partial charge in [-0.05, 0) is 29.5 Å². The molecule has 4 nitrogen and oxygen atoms in total. The Kier molecular flexibility index (Phi) is 3.64. The van der Waals surface area contributed by atoms with Crippen LogP contribution in [0.4, 0.5) is 0 Å². The summed E-state index contributed by atoms with van der Waals surface area (Å²) >= 11 is 3.53. The van der Waals surface area contributed by atoms with Crippen molar-refractivity contribution in [3.63, 3.8) is 0 Å². The van der Waals surface area contributed by atoms with Gasteiger partial charge in [0.25, 0.3) is 0 Å². The van der Waals surface area contributed by atoms with Gasteiger partial charge in [0.2, 0.25) is 0 Å².